The molecule has 0 spiro atoms. The molecule has 0 aliphatic heterocycles. The van der Waals surface area contributed by atoms with Crippen molar-refractivity contribution in [2.45, 2.75) is 0 Å². The molecule has 10 aromatic carbocycles. The van der Waals surface area contributed by atoms with Crippen molar-refractivity contribution >= 4 is 112 Å². The van der Waals surface area contributed by atoms with Gasteiger partial charge in [0.2, 0.25) is 0 Å². The number of thiophene rings is 3. The van der Waals surface area contributed by atoms with E-state index < -0.39 is 0 Å². The summed E-state index contributed by atoms with van der Waals surface area (Å²) < 4.78 is 7.68. The molecule has 0 radical (unpaired) electrons. The molecule has 3 aromatic heterocycles. The maximum atomic E-state index is 2.63. The third kappa shape index (κ3) is 6.10. The number of rotatable bonds is 7. The highest BCUT2D eigenvalue weighted by Gasteiger charge is 2.27. The first kappa shape index (κ1) is 37.2. The average Bonchev–Trinajstić information content (AvgIpc) is 4.06. The average molecular weight is 868 g/mol. The highest BCUT2D eigenvalue weighted by molar-refractivity contribution is 7.27. The third-order valence-electron chi connectivity index (χ3n) is 12.7. The molecule has 0 bridgehead atoms. The van der Waals surface area contributed by atoms with E-state index in [9.17, 15) is 0 Å². The number of nitrogens with zero attached hydrogens (tertiary/aromatic N) is 1. The summed E-state index contributed by atoms with van der Waals surface area (Å²) in [5, 5.41) is 7.61. The molecule has 4 heteroatoms. The number of benzene rings is 10. The highest BCUT2D eigenvalue weighted by Crippen LogP contribution is 2.54. The quantitative estimate of drug-likeness (QED) is 0.154. The summed E-state index contributed by atoms with van der Waals surface area (Å²) in [4.78, 5) is 2.63. The number of fused-ring (bicyclic) bond motifs is 9. The van der Waals surface area contributed by atoms with E-state index in [1.54, 1.807) is 0 Å². The van der Waals surface area contributed by atoms with Gasteiger partial charge in [-0.25, -0.2) is 0 Å². The van der Waals surface area contributed by atoms with Gasteiger partial charge in [-0.2, -0.15) is 0 Å². The first-order valence-electron chi connectivity index (χ1n) is 21.7. The molecule has 3 heterocycles. The predicted molar refractivity (Wildman–Crippen MR) is 282 cm³/mol. The summed E-state index contributed by atoms with van der Waals surface area (Å²) in [6, 6.07) is 82.9. The Kier molecular flexibility index (Phi) is 8.83. The SMILES string of the molecule is c1ccc(-c2ccc3c(c2)sc2cc(-c4ccccc4)cc(N(c4cccc5sc6ccccc6c45)c4ccc(-c5ccccc5)c5sc6cc(-c7ccccc7)ccc6c45)c23)cc1. The van der Waals surface area contributed by atoms with Crippen molar-refractivity contribution < 1.29 is 0 Å². The first-order valence-corrected chi connectivity index (χ1v) is 24.1. The van der Waals surface area contributed by atoms with Gasteiger partial charge in [0.25, 0.3) is 0 Å². The maximum absolute atomic E-state index is 2.63. The second-order valence-corrected chi connectivity index (χ2v) is 19.6. The smallest absolute Gasteiger partial charge is 0.0561 e. The van der Waals surface area contributed by atoms with Crippen LogP contribution in [0.3, 0.4) is 0 Å². The minimum Gasteiger partial charge on any atom is -0.308 e. The van der Waals surface area contributed by atoms with Crippen LogP contribution in [0, 0.1) is 0 Å². The zero-order chi connectivity index (χ0) is 42.1. The maximum Gasteiger partial charge on any atom is 0.0561 e. The Morgan fingerprint density at radius 3 is 1.41 bits per heavy atom. The lowest BCUT2D eigenvalue weighted by molar-refractivity contribution is 1.34. The van der Waals surface area contributed by atoms with E-state index in [0.29, 0.717) is 0 Å². The summed E-state index contributed by atoms with van der Waals surface area (Å²) in [7, 11) is 0. The van der Waals surface area contributed by atoms with Gasteiger partial charge >= 0.3 is 0 Å². The zero-order valence-corrected chi connectivity index (χ0v) is 37.0. The van der Waals surface area contributed by atoms with Gasteiger partial charge in [-0.1, -0.05) is 176 Å². The molecule has 13 rings (SSSR count). The van der Waals surface area contributed by atoms with Crippen molar-refractivity contribution in [2.75, 3.05) is 4.90 Å². The molecule has 64 heavy (non-hydrogen) atoms. The van der Waals surface area contributed by atoms with Crippen LogP contribution in [-0.4, -0.2) is 0 Å². The minimum absolute atomic E-state index is 1.17. The van der Waals surface area contributed by atoms with Gasteiger partial charge in [-0.05, 0) is 93.0 Å². The largest absolute Gasteiger partial charge is 0.308 e. The van der Waals surface area contributed by atoms with Crippen LogP contribution < -0.4 is 4.90 Å². The Labute approximate surface area is 383 Å². The van der Waals surface area contributed by atoms with Gasteiger partial charge in [0.15, 0.2) is 0 Å². The summed E-state index contributed by atoms with van der Waals surface area (Å²) in [5.41, 5.74) is 13.3. The van der Waals surface area contributed by atoms with Crippen LogP contribution in [-0.2, 0) is 0 Å². The molecule has 0 amide bonds. The normalized spacial score (nSPS) is 11.8. The van der Waals surface area contributed by atoms with Crippen LogP contribution in [0.5, 0.6) is 0 Å². The van der Waals surface area contributed by atoms with Gasteiger partial charge in [0.1, 0.15) is 0 Å². The molecule has 0 saturated carbocycles. The molecule has 0 unspecified atom stereocenters. The topological polar surface area (TPSA) is 3.24 Å². The molecule has 0 saturated heterocycles. The molecule has 1 nitrogen and oxygen atoms in total. The van der Waals surface area contributed by atoms with Crippen molar-refractivity contribution in [2.24, 2.45) is 0 Å². The molecule has 300 valence electrons. The van der Waals surface area contributed by atoms with Gasteiger partial charge in [-0.15, -0.1) is 34.0 Å². The number of anilines is 3. The van der Waals surface area contributed by atoms with Crippen LogP contribution >= 0.6 is 34.0 Å². The number of hydrogen-bond donors (Lipinski definition) is 0. The van der Waals surface area contributed by atoms with E-state index in [4.69, 9.17) is 0 Å². The summed E-state index contributed by atoms with van der Waals surface area (Å²) in [5.74, 6) is 0. The Morgan fingerprint density at radius 2 is 0.734 bits per heavy atom. The van der Waals surface area contributed by atoms with E-state index in [2.05, 4.69) is 229 Å². The van der Waals surface area contributed by atoms with Crippen LogP contribution in [0.4, 0.5) is 17.1 Å². The van der Waals surface area contributed by atoms with Gasteiger partial charge < -0.3 is 4.90 Å². The van der Waals surface area contributed by atoms with E-state index in [1.807, 2.05) is 34.0 Å². The van der Waals surface area contributed by atoms with Crippen molar-refractivity contribution in [3.8, 4) is 44.5 Å². The standard InChI is InChI=1S/C60H37NS3/c1-5-16-38(17-6-1)42-28-30-47-54(35-42)63-56-37-44(40-20-9-3-10-21-40)34-51(58(47)56)61(49-25-15-27-53-57(49)46-24-13-14-26-52(46)62-53)50-33-32-45(41-22-11-4-12-23-41)60-59(50)48-31-29-43(36-55(48)64-60)39-18-7-2-8-19-39/h1-37H. The Balaban J connectivity index is 1.18. The zero-order valence-electron chi connectivity index (χ0n) is 34.5. The molecule has 0 aliphatic carbocycles. The monoisotopic (exact) mass is 867 g/mol. The molecule has 0 aliphatic rings. The van der Waals surface area contributed by atoms with Gasteiger partial charge in [-0.3, -0.25) is 0 Å². The summed E-state index contributed by atoms with van der Waals surface area (Å²) >= 11 is 5.68. The Morgan fingerprint density at radius 1 is 0.250 bits per heavy atom. The number of hydrogen-bond acceptors (Lipinski definition) is 4. The molecular weight excluding hydrogens is 831 g/mol. The first-order chi connectivity index (χ1) is 31.7. The Hall–Kier alpha value is -7.34. The van der Waals surface area contributed by atoms with Gasteiger partial charge in [0.05, 0.1) is 17.1 Å². The molecule has 0 fully saturated rings. The lowest BCUT2D eigenvalue weighted by atomic mass is 9.96. The van der Waals surface area contributed by atoms with Crippen molar-refractivity contribution in [3.05, 3.63) is 224 Å². The Bertz CT molecular complexity index is 3880. The van der Waals surface area contributed by atoms with E-state index in [-0.39, 0.29) is 0 Å². The van der Waals surface area contributed by atoms with Crippen LogP contribution in [0.2, 0.25) is 0 Å². The third-order valence-corrected chi connectivity index (χ3v) is 16.1. The highest BCUT2D eigenvalue weighted by atomic mass is 32.1. The molecule has 0 atom stereocenters. The fourth-order valence-corrected chi connectivity index (χ4v) is 13.3. The van der Waals surface area contributed by atoms with E-state index in [0.717, 1.165) is 0 Å². The van der Waals surface area contributed by atoms with Crippen LogP contribution in [0.25, 0.3) is 105 Å². The molecule has 0 N–H and O–H groups in total. The fraction of sp³-hybridized carbons (Fsp3) is 0. The van der Waals surface area contributed by atoms with Crippen LogP contribution in [0.1, 0.15) is 0 Å². The second-order valence-electron chi connectivity index (χ2n) is 16.4. The summed E-state index contributed by atoms with van der Waals surface area (Å²) in [6.07, 6.45) is 0. The van der Waals surface area contributed by atoms with Gasteiger partial charge in [0, 0.05) is 60.5 Å². The molecular formula is C60H37NS3. The minimum atomic E-state index is 1.17. The van der Waals surface area contributed by atoms with Crippen molar-refractivity contribution in [1.29, 1.82) is 0 Å². The van der Waals surface area contributed by atoms with E-state index in [1.165, 1.54) is 122 Å². The predicted octanol–water partition coefficient (Wildman–Crippen LogP) is 18.9. The fourth-order valence-electron chi connectivity index (χ4n) is 9.70. The van der Waals surface area contributed by atoms with Crippen molar-refractivity contribution in [3.63, 3.8) is 0 Å². The van der Waals surface area contributed by atoms with E-state index >= 15 is 0 Å². The lowest BCUT2D eigenvalue weighted by Gasteiger charge is -2.29. The lowest BCUT2D eigenvalue weighted by Crippen LogP contribution is -2.11. The van der Waals surface area contributed by atoms with Crippen molar-refractivity contribution in [1.82, 2.24) is 0 Å². The second kappa shape index (κ2) is 15.2. The van der Waals surface area contributed by atoms with Crippen LogP contribution in [0.15, 0.2) is 224 Å². The molecule has 13 aromatic rings. The summed E-state index contributed by atoms with van der Waals surface area (Å²) in [6.45, 7) is 0.